The van der Waals surface area contributed by atoms with Gasteiger partial charge >= 0.3 is 0 Å². The SMILES string of the molecule is CCN(Cc1cccc(F)c1)C(=O)C1c2ccccc2Oc2ccccc21. The second-order valence-electron chi connectivity index (χ2n) is 6.59. The summed E-state index contributed by atoms with van der Waals surface area (Å²) in [5, 5.41) is 0. The van der Waals surface area contributed by atoms with Crippen LogP contribution in [0.4, 0.5) is 4.39 Å². The van der Waals surface area contributed by atoms with Gasteiger partial charge in [0.05, 0.1) is 5.92 Å². The Kier molecular flexibility index (Phi) is 4.63. The Bertz CT molecular complexity index is 940. The fourth-order valence-corrected chi connectivity index (χ4v) is 3.56. The number of likely N-dealkylation sites (N-methyl/N-ethyl adjacent to an activating group) is 1. The topological polar surface area (TPSA) is 29.5 Å². The van der Waals surface area contributed by atoms with Crippen LogP contribution in [0, 0.1) is 5.82 Å². The van der Waals surface area contributed by atoms with Gasteiger partial charge in [-0.2, -0.15) is 0 Å². The summed E-state index contributed by atoms with van der Waals surface area (Å²) in [5.41, 5.74) is 2.50. The lowest BCUT2D eigenvalue weighted by Crippen LogP contribution is -2.36. The third-order valence-corrected chi connectivity index (χ3v) is 4.88. The number of para-hydroxylation sites is 2. The van der Waals surface area contributed by atoms with E-state index in [0.29, 0.717) is 24.6 Å². The molecular formula is C23H20FNO2. The maximum atomic E-state index is 13.6. The minimum Gasteiger partial charge on any atom is -0.457 e. The number of fused-ring (bicyclic) bond motifs is 2. The van der Waals surface area contributed by atoms with Gasteiger partial charge in [-0.25, -0.2) is 4.39 Å². The third kappa shape index (κ3) is 3.31. The standard InChI is InChI=1S/C23H20FNO2/c1-2-25(15-16-8-7-9-17(24)14-16)23(26)22-18-10-3-5-12-20(18)27-21-13-6-4-11-19(21)22/h3-14,22H,2,15H2,1H3. The molecule has 0 N–H and O–H groups in total. The number of amides is 1. The van der Waals surface area contributed by atoms with E-state index >= 15 is 0 Å². The Hall–Kier alpha value is -3.14. The van der Waals surface area contributed by atoms with Crippen LogP contribution in [0.15, 0.2) is 72.8 Å². The van der Waals surface area contributed by atoms with Crippen molar-refractivity contribution in [1.82, 2.24) is 4.90 Å². The van der Waals surface area contributed by atoms with Gasteiger partial charge in [0, 0.05) is 24.2 Å². The van der Waals surface area contributed by atoms with E-state index in [1.165, 1.54) is 12.1 Å². The zero-order valence-electron chi connectivity index (χ0n) is 15.1. The quantitative estimate of drug-likeness (QED) is 0.646. The number of benzene rings is 3. The molecule has 0 aromatic heterocycles. The molecule has 1 aliphatic rings. The second-order valence-corrected chi connectivity index (χ2v) is 6.59. The van der Waals surface area contributed by atoms with Crippen LogP contribution < -0.4 is 4.74 Å². The highest BCUT2D eigenvalue weighted by Crippen LogP contribution is 2.44. The average molecular weight is 361 g/mol. The van der Waals surface area contributed by atoms with Gasteiger partial charge in [0.15, 0.2) is 0 Å². The molecule has 0 bridgehead atoms. The molecule has 136 valence electrons. The van der Waals surface area contributed by atoms with Crippen LogP contribution in [0.5, 0.6) is 11.5 Å². The molecule has 3 aromatic rings. The smallest absolute Gasteiger partial charge is 0.235 e. The second kappa shape index (κ2) is 7.23. The van der Waals surface area contributed by atoms with Gasteiger partial charge in [-0.15, -0.1) is 0 Å². The molecule has 1 aliphatic heterocycles. The molecule has 0 saturated carbocycles. The maximum Gasteiger partial charge on any atom is 0.235 e. The van der Waals surface area contributed by atoms with Crippen molar-refractivity contribution in [2.75, 3.05) is 6.54 Å². The Labute approximate surface area is 158 Å². The van der Waals surface area contributed by atoms with E-state index in [1.54, 1.807) is 11.0 Å². The molecule has 0 saturated heterocycles. The highest BCUT2D eigenvalue weighted by atomic mass is 19.1. The zero-order valence-corrected chi connectivity index (χ0v) is 15.1. The number of rotatable bonds is 4. The summed E-state index contributed by atoms with van der Waals surface area (Å²) in [6, 6.07) is 21.7. The average Bonchev–Trinajstić information content (AvgIpc) is 2.69. The number of carbonyl (C=O) groups excluding carboxylic acids is 1. The van der Waals surface area contributed by atoms with Crippen LogP contribution >= 0.6 is 0 Å². The molecule has 0 unspecified atom stereocenters. The molecule has 27 heavy (non-hydrogen) atoms. The minimum atomic E-state index is -0.431. The molecule has 3 aromatic carbocycles. The lowest BCUT2D eigenvalue weighted by molar-refractivity contribution is -0.132. The molecule has 0 atom stereocenters. The Morgan fingerprint density at radius 3 is 2.19 bits per heavy atom. The van der Waals surface area contributed by atoms with Crippen LogP contribution in [0.3, 0.4) is 0 Å². The van der Waals surface area contributed by atoms with E-state index in [-0.39, 0.29) is 11.7 Å². The van der Waals surface area contributed by atoms with Crippen molar-refractivity contribution < 1.29 is 13.9 Å². The highest BCUT2D eigenvalue weighted by molar-refractivity contribution is 5.89. The molecule has 4 rings (SSSR count). The van der Waals surface area contributed by atoms with Crippen LogP contribution in [-0.4, -0.2) is 17.4 Å². The van der Waals surface area contributed by atoms with Crippen LogP contribution in [-0.2, 0) is 11.3 Å². The van der Waals surface area contributed by atoms with Gasteiger partial charge in [0.2, 0.25) is 5.91 Å². The summed E-state index contributed by atoms with van der Waals surface area (Å²) >= 11 is 0. The monoisotopic (exact) mass is 361 g/mol. The lowest BCUT2D eigenvalue weighted by atomic mass is 9.86. The number of halogens is 1. The fraction of sp³-hybridized carbons (Fsp3) is 0.174. The van der Waals surface area contributed by atoms with Crippen molar-refractivity contribution in [3.8, 4) is 11.5 Å². The number of nitrogens with zero attached hydrogens (tertiary/aromatic N) is 1. The molecule has 0 radical (unpaired) electrons. The van der Waals surface area contributed by atoms with Crippen molar-refractivity contribution in [2.24, 2.45) is 0 Å². The molecule has 0 aliphatic carbocycles. The Morgan fingerprint density at radius 2 is 1.59 bits per heavy atom. The first kappa shape index (κ1) is 17.3. The van der Waals surface area contributed by atoms with Crippen LogP contribution in [0.25, 0.3) is 0 Å². The summed E-state index contributed by atoms with van der Waals surface area (Å²) in [4.78, 5) is 15.3. The molecule has 4 heteroatoms. The van der Waals surface area contributed by atoms with Crippen LogP contribution in [0.2, 0.25) is 0 Å². The predicted octanol–water partition coefficient (Wildman–Crippen LogP) is 5.11. The molecule has 0 spiro atoms. The van der Waals surface area contributed by atoms with Crippen molar-refractivity contribution in [1.29, 1.82) is 0 Å². The van der Waals surface area contributed by atoms with Gasteiger partial charge in [0.25, 0.3) is 0 Å². The van der Waals surface area contributed by atoms with E-state index in [4.69, 9.17) is 4.74 Å². The summed E-state index contributed by atoms with van der Waals surface area (Å²) < 4.78 is 19.5. The van der Waals surface area contributed by atoms with Crippen molar-refractivity contribution in [3.63, 3.8) is 0 Å². The summed E-state index contributed by atoms with van der Waals surface area (Å²) in [6.07, 6.45) is 0. The molecule has 3 nitrogen and oxygen atoms in total. The number of ether oxygens (including phenoxy) is 1. The summed E-state index contributed by atoms with van der Waals surface area (Å²) in [7, 11) is 0. The normalized spacial score (nSPS) is 12.7. The Morgan fingerprint density at radius 1 is 0.963 bits per heavy atom. The minimum absolute atomic E-state index is 0.00930. The van der Waals surface area contributed by atoms with E-state index < -0.39 is 5.92 Å². The maximum absolute atomic E-state index is 13.6. The molecule has 1 heterocycles. The zero-order chi connectivity index (χ0) is 18.8. The molecular weight excluding hydrogens is 341 g/mol. The number of hydrogen-bond acceptors (Lipinski definition) is 2. The fourth-order valence-electron chi connectivity index (χ4n) is 3.56. The first-order chi connectivity index (χ1) is 13.2. The predicted molar refractivity (Wildman–Crippen MR) is 102 cm³/mol. The van der Waals surface area contributed by atoms with Gasteiger partial charge in [0.1, 0.15) is 17.3 Å². The van der Waals surface area contributed by atoms with Crippen molar-refractivity contribution >= 4 is 5.91 Å². The van der Waals surface area contributed by atoms with Crippen molar-refractivity contribution in [3.05, 3.63) is 95.3 Å². The lowest BCUT2D eigenvalue weighted by Gasteiger charge is -2.31. The van der Waals surface area contributed by atoms with E-state index in [0.717, 1.165) is 16.7 Å². The van der Waals surface area contributed by atoms with Crippen LogP contribution in [0.1, 0.15) is 29.5 Å². The molecule has 1 amide bonds. The van der Waals surface area contributed by atoms with E-state index in [9.17, 15) is 9.18 Å². The van der Waals surface area contributed by atoms with E-state index in [2.05, 4.69) is 0 Å². The molecule has 0 fully saturated rings. The van der Waals surface area contributed by atoms with Gasteiger partial charge in [-0.3, -0.25) is 4.79 Å². The van der Waals surface area contributed by atoms with Gasteiger partial charge in [-0.1, -0.05) is 48.5 Å². The van der Waals surface area contributed by atoms with Gasteiger partial charge in [-0.05, 0) is 36.8 Å². The summed E-state index contributed by atoms with van der Waals surface area (Å²) in [5.74, 6) is 0.676. The largest absolute Gasteiger partial charge is 0.457 e. The summed E-state index contributed by atoms with van der Waals surface area (Å²) in [6.45, 7) is 2.85. The van der Waals surface area contributed by atoms with E-state index in [1.807, 2.05) is 61.5 Å². The number of hydrogen-bond donors (Lipinski definition) is 0. The highest BCUT2D eigenvalue weighted by Gasteiger charge is 2.34. The third-order valence-electron chi connectivity index (χ3n) is 4.88. The first-order valence-corrected chi connectivity index (χ1v) is 9.06. The van der Waals surface area contributed by atoms with Gasteiger partial charge < -0.3 is 9.64 Å². The Balaban J connectivity index is 1.72. The number of carbonyl (C=O) groups is 1. The van der Waals surface area contributed by atoms with Crippen molar-refractivity contribution in [2.45, 2.75) is 19.4 Å². The first-order valence-electron chi connectivity index (χ1n) is 9.06.